The number of benzene rings is 1. The summed E-state index contributed by atoms with van der Waals surface area (Å²) < 4.78 is 1.10. The first-order chi connectivity index (χ1) is 6.26. The van der Waals surface area contributed by atoms with Crippen molar-refractivity contribution in [2.45, 2.75) is 13.3 Å². The third-order valence-corrected chi connectivity index (χ3v) is 2.00. The van der Waals surface area contributed by atoms with Gasteiger partial charge in [-0.2, -0.15) is 0 Å². The number of anilines is 1. The molecule has 0 saturated heterocycles. The zero-order chi connectivity index (χ0) is 10.1. The molecule has 0 atom stereocenters. The molecule has 1 N–H and O–H groups in total. The average Bonchev–Trinajstić information content (AvgIpc) is 2.19. The summed E-state index contributed by atoms with van der Waals surface area (Å²) in [6.45, 7) is 1.81. The van der Waals surface area contributed by atoms with Crippen molar-refractivity contribution in [3.05, 3.63) is 28.7 Å². The van der Waals surface area contributed by atoms with Gasteiger partial charge in [-0.15, -0.1) is 0 Å². The summed E-state index contributed by atoms with van der Waals surface area (Å²) in [7, 11) is 1.90. The van der Waals surface area contributed by atoms with E-state index in [2.05, 4.69) is 21.2 Å². The van der Waals surface area contributed by atoms with Gasteiger partial charge in [0.15, 0.2) is 0 Å². The Morgan fingerprint density at radius 1 is 1.46 bits per heavy atom. The Kier molecular flexibility index (Phi) is 7.30. The number of carbonyl (C=O) groups excluding carboxylic acids is 1. The van der Waals surface area contributed by atoms with E-state index in [4.69, 9.17) is 0 Å². The molecule has 0 bridgehead atoms. The molecular weight excluding hydrogens is 230 g/mol. The van der Waals surface area contributed by atoms with E-state index in [-0.39, 0.29) is 0 Å². The summed E-state index contributed by atoms with van der Waals surface area (Å²) in [6, 6.07) is 8.01. The smallest absolute Gasteiger partial charge is 0.119 e. The van der Waals surface area contributed by atoms with E-state index in [9.17, 15) is 4.79 Å². The van der Waals surface area contributed by atoms with Crippen molar-refractivity contribution in [1.82, 2.24) is 0 Å². The molecule has 0 radical (unpaired) electrons. The zero-order valence-corrected chi connectivity index (χ0v) is 9.47. The lowest BCUT2D eigenvalue weighted by Crippen LogP contribution is -1.86. The highest BCUT2D eigenvalue weighted by Gasteiger charge is 1.90. The molecule has 0 heterocycles. The fourth-order valence-electron chi connectivity index (χ4n) is 0.664. The second-order valence-corrected chi connectivity index (χ2v) is 3.16. The number of rotatable bonds is 2. The van der Waals surface area contributed by atoms with Crippen LogP contribution in [0.5, 0.6) is 0 Å². The van der Waals surface area contributed by atoms with Crippen LogP contribution < -0.4 is 5.32 Å². The second-order valence-electron chi connectivity index (χ2n) is 2.30. The minimum absolute atomic E-state index is 0.639. The van der Waals surface area contributed by atoms with Crippen LogP contribution in [-0.4, -0.2) is 13.3 Å². The molecule has 13 heavy (non-hydrogen) atoms. The van der Waals surface area contributed by atoms with Crippen molar-refractivity contribution < 1.29 is 4.79 Å². The van der Waals surface area contributed by atoms with Gasteiger partial charge in [-0.1, -0.05) is 19.1 Å². The van der Waals surface area contributed by atoms with Crippen molar-refractivity contribution in [2.75, 3.05) is 12.4 Å². The van der Waals surface area contributed by atoms with E-state index in [0.29, 0.717) is 6.42 Å². The van der Waals surface area contributed by atoms with E-state index >= 15 is 0 Å². The Labute approximate surface area is 87.5 Å². The van der Waals surface area contributed by atoms with Gasteiger partial charge in [-0.25, -0.2) is 0 Å². The van der Waals surface area contributed by atoms with Gasteiger partial charge in [0.25, 0.3) is 0 Å². The molecule has 0 aromatic heterocycles. The van der Waals surface area contributed by atoms with Crippen LogP contribution in [0.15, 0.2) is 28.7 Å². The first-order valence-corrected chi connectivity index (χ1v) is 4.91. The fraction of sp³-hybridized carbons (Fsp3) is 0.300. The Morgan fingerprint density at radius 2 is 2.00 bits per heavy atom. The molecule has 0 spiro atoms. The Morgan fingerprint density at radius 3 is 2.31 bits per heavy atom. The summed E-state index contributed by atoms with van der Waals surface area (Å²) in [4.78, 5) is 9.17. The minimum Gasteiger partial charge on any atom is -0.387 e. The van der Waals surface area contributed by atoms with E-state index in [1.165, 1.54) is 0 Å². The molecule has 2 nitrogen and oxygen atoms in total. The van der Waals surface area contributed by atoms with Gasteiger partial charge >= 0.3 is 0 Å². The molecule has 3 heteroatoms. The second kappa shape index (κ2) is 7.80. The SMILES string of the molecule is CCC=O.CNc1ccccc1Br. The maximum absolute atomic E-state index is 9.17. The molecule has 0 unspecified atom stereocenters. The molecule has 0 aliphatic heterocycles. The van der Waals surface area contributed by atoms with Crippen molar-refractivity contribution >= 4 is 27.9 Å². The third kappa shape index (κ3) is 5.42. The van der Waals surface area contributed by atoms with Gasteiger partial charge in [0.1, 0.15) is 6.29 Å². The van der Waals surface area contributed by atoms with Crippen molar-refractivity contribution in [2.24, 2.45) is 0 Å². The first kappa shape index (κ1) is 12.2. The lowest BCUT2D eigenvalue weighted by atomic mass is 10.3. The van der Waals surface area contributed by atoms with Gasteiger partial charge in [-0.3, -0.25) is 0 Å². The lowest BCUT2D eigenvalue weighted by molar-refractivity contribution is -0.107. The standard InChI is InChI=1S/C7H8BrN.C3H6O/c1-9-7-5-3-2-4-6(7)8;1-2-3-4/h2-5,9H,1H3;3H,2H2,1H3. The van der Waals surface area contributed by atoms with Crippen molar-refractivity contribution in [1.29, 1.82) is 0 Å². The number of nitrogens with one attached hydrogen (secondary N) is 1. The predicted molar refractivity (Wildman–Crippen MR) is 60.0 cm³/mol. The first-order valence-electron chi connectivity index (χ1n) is 4.12. The van der Waals surface area contributed by atoms with E-state index < -0.39 is 0 Å². The molecule has 0 aliphatic carbocycles. The minimum atomic E-state index is 0.639. The van der Waals surface area contributed by atoms with Gasteiger partial charge in [-0.05, 0) is 28.1 Å². The summed E-state index contributed by atoms with van der Waals surface area (Å²) >= 11 is 3.39. The maximum atomic E-state index is 9.17. The topological polar surface area (TPSA) is 29.1 Å². The highest BCUT2D eigenvalue weighted by molar-refractivity contribution is 9.10. The third-order valence-electron chi connectivity index (χ3n) is 1.31. The van der Waals surface area contributed by atoms with Gasteiger partial charge in [0.2, 0.25) is 0 Å². The van der Waals surface area contributed by atoms with Crippen LogP contribution >= 0.6 is 15.9 Å². The van der Waals surface area contributed by atoms with Crippen LogP contribution in [0.2, 0.25) is 0 Å². The summed E-state index contributed by atoms with van der Waals surface area (Å²) in [6.07, 6.45) is 1.51. The molecule has 0 amide bonds. The quantitative estimate of drug-likeness (QED) is 0.810. The number of halogens is 1. The average molecular weight is 244 g/mol. The molecule has 1 aromatic carbocycles. The monoisotopic (exact) mass is 243 g/mol. The molecule has 72 valence electrons. The van der Waals surface area contributed by atoms with E-state index in [1.54, 1.807) is 0 Å². The van der Waals surface area contributed by atoms with Crippen LogP contribution in [0.3, 0.4) is 0 Å². The summed E-state index contributed by atoms with van der Waals surface area (Å²) in [5, 5.41) is 3.05. The highest BCUT2D eigenvalue weighted by Crippen LogP contribution is 2.19. The normalized spacial score (nSPS) is 8.23. The summed E-state index contributed by atoms with van der Waals surface area (Å²) in [5.41, 5.74) is 1.12. The lowest BCUT2D eigenvalue weighted by Gasteiger charge is -1.99. The van der Waals surface area contributed by atoms with Crippen molar-refractivity contribution in [3.8, 4) is 0 Å². The molecule has 1 rings (SSSR count). The number of para-hydroxylation sites is 1. The van der Waals surface area contributed by atoms with E-state index in [1.807, 2.05) is 38.2 Å². The van der Waals surface area contributed by atoms with Crippen molar-refractivity contribution in [3.63, 3.8) is 0 Å². The Bertz CT molecular complexity index is 250. The number of aldehydes is 1. The number of carbonyl (C=O) groups is 1. The highest BCUT2D eigenvalue weighted by atomic mass is 79.9. The molecular formula is C10H14BrNO. The van der Waals surface area contributed by atoms with E-state index in [0.717, 1.165) is 16.4 Å². The molecule has 1 aromatic rings. The van der Waals surface area contributed by atoms with Crippen LogP contribution in [-0.2, 0) is 4.79 Å². The largest absolute Gasteiger partial charge is 0.387 e. The molecule has 0 saturated carbocycles. The van der Waals surface area contributed by atoms with Gasteiger partial charge in [0, 0.05) is 23.6 Å². The van der Waals surface area contributed by atoms with Crippen LogP contribution in [0, 0.1) is 0 Å². The van der Waals surface area contributed by atoms with Crippen LogP contribution in [0.4, 0.5) is 5.69 Å². The predicted octanol–water partition coefficient (Wildman–Crippen LogP) is 3.09. The molecule has 0 fully saturated rings. The maximum Gasteiger partial charge on any atom is 0.119 e. The van der Waals surface area contributed by atoms with Crippen LogP contribution in [0.25, 0.3) is 0 Å². The Hall–Kier alpha value is -0.830. The fourth-order valence-corrected chi connectivity index (χ4v) is 1.15. The number of hydrogen-bond acceptors (Lipinski definition) is 2. The zero-order valence-electron chi connectivity index (χ0n) is 7.88. The number of hydrogen-bond donors (Lipinski definition) is 1. The van der Waals surface area contributed by atoms with Crippen LogP contribution in [0.1, 0.15) is 13.3 Å². The Balaban J connectivity index is 0.000000310. The molecule has 0 aliphatic rings. The van der Waals surface area contributed by atoms with Gasteiger partial charge in [0.05, 0.1) is 0 Å². The summed E-state index contributed by atoms with van der Waals surface area (Å²) in [5.74, 6) is 0. The van der Waals surface area contributed by atoms with Gasteiger partial charge < -0.3 is 10.1 Å².